The number of benzene rings is 2. The van der Waals surface area contributed by atoms with Gasteiger partial charge in [0.05, 0.1) is 18.2 Å². The van der Waals surface area contributed by atoms with Crippen molar-refractivity contribution in [3.05, 3.63) is 59.2 Å². The maximum atomic E-state index is 12.3. The van der Waals surface area contributed by atoms with Gasteiger partial charge in [0.2, 0.25) is 0 Å². The first-order valence-corrected chi connectivity index (χ1v) is 8.66. The molecule has 0 N–H and O–H groups in total. The monoisotopic (exact) mass is 331 g/mol. The topological polar surface area (TPSA) is 76.4 Å². The zero-order valence-electron chi connectivity index (χ0n) is 12.9. The van der Waals surface area contributed by atoms with E-state index in [2.05, 4.69) is 0 Å². The summed E-state index contributed by atoms with van der Waals surface area (Å²) < 4.78 is 35.1. The second-order valence-electron chi connectivity index (χ2n) is 4.92. The molecule has 0 saturated carbocycles. The van der Waals surface area contributed by atoms with Crippen LogP contribution in [0.5, 0.6) is 11.5 Å². The van der Waals surface area contributed by atoms with E-state index in [9.17, 15) is 8.42 Å². The quantitative estimate of drug-likeness (QED) is 0.760. The molecular weight excluding hydrogens is 314 g/mol. The maximum Gasteiger partial charge on any atom is 0.313 e. The van der Waals surface area contributed by atoms with Crippen LogP contribution in [0.15, 0.2) is 42.5 Å². The van der Waals surface area contributed by atoms with Crippen LogP contribution < -0.4 is 8.92 Å². The SMILES string of the molecule is CCOc1cc(C#N)ccc1OS(=O)(=O)Cc1ccccc1C. The summed E-state index contributed by atoms with van der Waals surface area (Å²) >= 11 is 0. The Bertz CT molecular complexity index is 838. The van der Waals surface area contributed by atoms with E-state index in [-0.39, 0.29) is 17.3 Å². The molecule has 2 rings (SSSR count). The zero-order valence-corrected chi connectivity index (χ0v) is 13.8. The van der Waals surface area contributed by atoms with Crippen LogP contribution in [0.4, 0.5) is 0 Å². The molecule has 120 valence electrons. The van der Waals surface area contributed by atoms with Gasteiger partial charge in [-0.1, -0.05) is 24.3 Å². The first-order chi connectivity index (χ1) is 10.9. The van der Waals surface area contributed by atoms with Crippen LogP contribution in [0.25, 0.3) is 0 Å². The molecule has 0 aliphatic rings. The minimum absolute atomic E-state index is 0.0828. The first kappa shape index (κ1) is 16.8. The Morgan fingerprint density at radius 2 is 1.87 bits per heavy atom. The molecule has 0 bridgehead atoms. The summed E-state index contributed by atoms with van der Waals surface area (Å²) in [6, 6.07) is 13.6. The largest absolute Gasteiger partial charge is 0.490 e. The summed E-state index contributed by atoms with van der Waals surface area (Å²) in [5.74, 6) is 0.0879. The van der Waals surface area contributed by atoms with Crippen LogP contribution in [0.1, 0.15) is 23.6 Å². The Labute approximate surface area is 136 Å². The van der Waals surface area contributed by atoms with Crippen molar-refractivity contribution in [2.45, 2.75) is 19.6 Å². The van der Waals surface area contributed by atoms with E-state index in [0.717, 1.165) is 5.56 Å². The van der Waals surface area contributed by atoms with Crippen molar-refractivity contribution in [2.24, 2.45) is 0 Å². The lowest BCUT2D eigenvalue weighted by Gasteiger charge is -2.12. The third-order valence-electron chi connectivity index (χ3n) is 3.18. The minimum atomic E-state index is -3.83. The number of rotatable bonds is 6. The van der Waals surface area contributed by atoms with Gasteiger partial charge in [-0.25, -0.2) is 0 Å². The van der Waals surface area contributed by atoms with E-state index in [1.54, 1.807) is 19.1 Å². The average Bonchev–Trinajstić information content (AvgIpc) is 2.51. The van der Waals surface area contributed by atoms with E-state index in [0.29, 0.717) is 17.7 Å². The Morgan fingerprint density at radius 1 is 1.13 bits per heavy atom. The highest BCUT2D eigenvalue weighted by atomic mass is 32.2. The van der Waals surface area contributed by atoms with Gasteiger partial charge in [0.15, 0.2) is 11.5 Å². The second-order valence-corrected chi connectivity index (χ2v) is 6.49. The second kappa shape index (κ2) is 7.16. The van der Waals surface area contributed by atoms with Crippen molar-refractivity contribution in [3.8, 4) is 17.6 Å². The Morgan fingerprint density at radius 3 is 2.52 bits per heavy atom. The Balaban J connectivity index is 2.27. The van der Waals surface area contributed by atoms with Crippen molar-refractivity contribution in [2.75, 3.05) is 6.61 Å². The molecule has 5 nitrogen and oxygen atoms in total. The maximum absolute atomic E-state index is 12.3. The molecule has 2 aromatic carbocycles. The molecule has 23 heavy (non-hydrogen) atoms. The van der Waals surface area contributed by atoms with Gasteiger partial charge in [-0.2, -0.15) is 13.7 Å². The van der Waals surface area contributed by atoms with Crippen LogP contribution in [0, 0.1) is 18.3 Å². The Kier molecular flexibility index (Phi) is 5.24. The first-order valence-electron chi connectivity index (χ1n) is 7.09. The van der Waals surface area contributed by atoms with Crippen molar-refractivity contribution < 1.29 is 17.3 Å². The highest BCUT2D eigenvalue weighted by Gasteiger charge is 2.18. The molecule has 0 saturated heterocycles. The number of nitrogens with zero attached hydrogens (tertiary/aromatic N) is 1. The van der Waals surface area contributed by atoms with Crippen LogP contribution >= 0.6 is 0 Å². The summed E-state index contributed by atoms with van der Waals surface area (Å²) in [5, 5.41) is 8.91. The molecule has 0 atom stereocenters. The fraction of sp³-hybridized carbons (Fsp3) is 0.235. The molecule has 0 fully saturated rings. The fourth-order valence-corrected chi connectivity index (χ4v) is 3.22. The van der Waals surface area contributed by atoms with Gasteiger partial charge >= 0.3 is 10.1 Å². The molecule has 0 aliphatic heterocycles. The van der Waals surface area contributed by atoms with Crippen LogP contribution in [-0.2, 0) is 15.9 Å². The smallest absolute Gasteiger partial charge is 0.313 e. The zero-order chi connectivity index (χ0) is 16.9. The van der Waals surface area contributed by atoms with Crippen molar-refractivity contribution in [1.82, 2.24) is 0 Å². The lowest BCUT2D eigenvalue weighted by atomic mass is 10.1. The summed E-state index contributed by atoms with van der Waals surface area (Å²) in [5.41, 5.74) is 1.93. The molecule has 0 aromatic heterocycles. The van der Waals surface area contributed by atoms with Crippen molar-refractivity contribution in [3.63, 3.8) is 0 Å². The summed E-state index contributed by atoms with van der Waals surface area (Å²) in [7, 11) is -3.83. The Hall–Kier alpha value is -2.52. The van der Waals surface area contributed by atoms with E-state index >= 15 is 0 Å². The highest BCUT2D eigenvalue weighted by Crippen LogP contribution is 2.30. The third-order valence-corrected chi connectivity index (χ3v) is 4.28. The predicted molar refractivity (Wildman–Crippen MR) is 86.8 cm³/mol. The van der Waals surface area contributed by atoms with Crippen molar-refractivity contribution >= 4 is 10.1 Å². The van der Waals surface area contributed by atoms with E-state index in [4.69, 9.17) is 14.2 Å². The molecule has 0 unspecified atom stereocenters. The fourth-order valence-electron chi connectivity index (χ4n) is 2.04. The lowest BCUT2D eigenvalue weighted by Crippen LogP contribution is -2.13. The van der Waals surface area contributed by atoms with Gasteiger partial charge in [-0.3, -0.25) is 0 Å². The summed E-state index contributed by atoms with van der Waals surface area (Å²) in [6.45, 7) is 3.95. The molecule has 0 amide bonds. The normalized spacial score (nSPS) is 10.8. The minimum Gasteiger partial charge on any atom is -0.490 e. The number of hydrogen-bond donors (Lipinski definition) is 0. The molecule has 2 aromatic rings. The standard InChI is InChI=1S/C17H17NO4S/c1-3-21-17-10-14(11-18)8-9-16(17)22-23(19,20)12-15-7-5-4-6-13(15)2/h4-10H,3,12H2,1-2H3. The third kappa shape index (κ3) is 4.47. The summed E-state index contributed by atoms with van der Waals surface area (Å²) in [4.78, 5) is 0. The molecule has 6 heteroatoms. The van der Waals surface area contributed by atoms with Gasteiger partial charge in [-0.05, 0) is 37.1 Å². The predicted octanol–water partition coefficient (Wildman–Crippen LogP) is 3.17. The van der Waals surface area contributed by atoms with Gasteiger partial charge in [-0.15, -0.1) is 0 Å². The van der Waals surface area contributed by atoms with Gasteiger partial charge < -0.3 is 8.92 Å². The molecule has 0 spiro atoms. The average molecular weight is 331 g/mol. The van der Waals surface area contributed by atoms with Crippen molar-refractivity contribution in [1.29, 1.82) is 5.26 Å². The number of ether oxygens (including phenoxy) is 1. The van der Waals surface area contributed by atoms with Crippen LogP contribution in [-0.4, -0.2) is 15.0 Å². The van der Waals surface area contributed by atoms with Gasteiger partial charge in [0, 0.05) is 6.07 Å². The molecule has 0 aliphatic carbocycles. The molecule has 0 radical (unpaired) electrons. The highest BCUT2D eigenvalue weighted by molar-refractivity contribution is 7.86. The lowest BCUT2D eigenvalue weighted by molar-refractivity contribution is 0.327. The van der Waals surface area contributed by atoms with Crippen LogP contribution in [0.3, 0.4) is 0 Å². The summed E-state index contributed by atoms with van der Waals surface area (Å²) in [6.07, 6.45) is 0. The van der Waals surface area contributed by atoms with E-state index in [1.165, 1.54) is 18.2 Å². The number of nitriles is 1. The molecular formula is C17H17NO4S. The van der Waals surface area contributed by atoms with Gasteiger partial charge in [0.25, 0.3) is 0 Å². The number of aryl methyl sites for hydroxylation is 1. The van der Waals surface area contributed by atoms with Gasteiger partial charge in [0.1, 0.15) is 5.75 Å². The van der Waals surface area contributed by atoms with Crippen LogP contribution in [0.2, 0.25) is 0 Å². The van der Waals surface area contributed by atoms with E-state index < -0.39 is 10.1 Å². The van der Waals surface area contributed by atoms with E-state index in [1.807, 2.05) is 25.1 Å². The molecule has 0 heterocycles. The number of hydrogen-bond acceptors (Lipinski definition) is 5.